The molecule has 0 bridgehead atoms. The van der Waals surface area contributed by atoms with Crippen LogP contribution in [0.2, 0.25) is 0 Å². The van der Waals surface area contributed by atoms with Gasteiger partial charge in [0.05, 0.1) is 0 Å². The van der Waals surface area contributed by atoms with Crippen molar-refractivity contribution < 1.29 is 14.3 Å². The van der Waals surface area contributed by atoms with E-state index in [2.05, 4.69) is 39.5 Å². The fourth-order valence-corrected chi connectivity index (χ4v) is 3.36. The zero-order chi connectivity index (χ0) is 19.0. The van der Waals surface area contributed by atoms with Crippen LogP contribution in [0.3, 0.4) is 0 Å². The Hall–Kier alpha value is -2.29. The number of rotatable bonds is 5. The van der Waals surface area contributed by atoms with Gasteiger partial charge in [0.25, 0.3) is 0 Å². The number of hydrogen-bond donors (Lipinski definition) is 0. The maximum Gasteiger partial charge on any atom is 0.231 e. The Balaban J connectivity index is 0.000000223. The molecule has 0 spiro atoms. The van der Waals surface area contributed by atoms with Gasteiger partial charge in [-0.3, -0.25) is 4.79 Å². The van der Waals surface area contributed by atoms with Crippen molar-refractivity contribution in [3.05, 3.63) is 60.7 Å². The summed E-state index contributed by atoms with van der Waals surface area (Å²) in [6, 6.07) is 7.63. The second-order valence-corrected chi connectivity index (χ2v) is 7.46. The van der Waals surface area contributed by atoms with Gasteiger partial charge >= 0.3 is 0 Å². The van der Waals surface area contributed by atoms with Crippen molar-refractivity contribution in [2.45, 2.75) is 46.5 Å². The van der Waals surface area contributed by atoms with Gasteiger partial charge in [0.1, 0.15) is 0 Å². The average molecular weight is 354 g/mol. The first kappa shape index (κ1) is 20.0. The molecule has 3 rings (SSSR count). The first-order valence-corrected chi connectivity index (χ1v) is 9.27. The summed E-state index contributed by atoms with van der Waals surface area (Å²) >= 11 is 0. The highest BCUT2D eigenvalue weighted by Crippen LogP contribution is 2.41. The van der Waals surface area contributed by atoms with E-state index >= 15 is 0 Å². The number of hydrogen-bond acceptors (Lipinski definition) is 3. The highest BCUT2D eigenvalue weighted by atomic mass is 16.7. The average Bonchev–Trinajstić information content (AvgIpc) is 3.08. The molecular weight excluding hydrogens is 324 g/mol. The van der Waals surface area contributed by atoms with Crippen molar-refractivity contribution >= 4 is 5.78 Å². The van der Waals surface area contributed by atoms with Crippen LogP contribution in [0.4, 0.5) is 0 Å². The Morgan fingerprint density at radius 1 is 1.27 bits per heavy atom. The fourth-order valence-electron chi connectivity index (χ4n) is 3.36. The van der Waals surface area contributed by atoms with Crippen LogP contribution < -0.4 is 9.47 Å². The number of ether oxygens (including phenoxy) is 2. The molecule has 0 N–H and O–H groups in total. The molecule has 1 aliphatic carbocycles. The van der Waals surface area contributed by atoms with Crippen LogP contribution in [0.15, 0.2) is 60.7 Å². The number of fused-ring (bicyclic) bond motifs is 1. The zero-order valence-electron chi connectivity index (χ0n) is 16.2. The maximum absolute atomic E-state index is 11.6. The standard InChI is InChI=1S/C16H24O.C7H6O2/c1-5-6-9-14(17)10-11-15-13(2)8-7-12-16(15,3)4;1-2-4-7-6(3-1)8-5-9-7/h5,8,10-11,15H,1,6-7,9,12H2,2-4H3;1-4H,5H2. The van der Waals surface area contributed by atoms with E-state index in [1.54, 1.807) is 12.2 Å². The minimum Gasteiger partial charge on any atom is -0.454 e. The Morgan fingerprint density at radius 3 is 2.50 bits per heavy atom. The molecule has 0 fully saturated rings. The lowest BCUT2D eigenvalue weighted by Crippen LogP contribution is -2.26. The molecule has 2 aliphatic rings. The van der Waals surface area contributed by atoms with E-state index in [-0.39, 0.29) is 11.2 Å². The summed E-state index contributed by atoms with van der Waals surface area (Å²) in [5.41, 5.74) is 1.67. The van der Waals surface area contributed by atoms with Gasteiger partial charge in [-0.1, -0.05) is 49.8 Å². The van der Waals surface area contributed by atoms with E-state index in [4.69, 9.17) is 9.47 Å². The third kappa shape index (κ3) is 5.62. The van der Waals surface area contributed by atoms with Crippen molar-refractivity contribution in [2.24, 2.45) is 11.3 Å². The highest BCUT2D eigenvalue weighted by Gasteiger charge is 2.30. The van der Waals surface area contributed by atoms with Gasteiger partial charge in [-0.05, 0) is 49.8 Å². The van der Waals surface area contributed by atoms with Crippen LogP contribution in [0, 0.1) is 11.3 Å². The lowest BCUT2D eigenvalue weighted by atomic mass is 9.68. The Kier molecular flexibility index (Phi) is 7.26. The zero-order valence-corrected chi connectivity index (χ0v) is 16.2. The summed E-state index contributed by atoms with van der Waals surface area (Å²) in [5.74, 6) is 2.30. The summed E-state index contributed by atoms with van der Waals surface area (Å²) in [4.78, 5) is 11.6. The first-order chi connectivity index (χ1) is 12.4. The van der Waals surface area contributed by atoms with Gasteiger partial charge in [0.15, 0.2) is 17.3 Å². The lowest BCUT2D eigenvalue weighted by molar-refractivity contribution is -0.114. The molecule has 1 aliphatic heterocycles. The van der Waals surface area contributed by atoms with Crippen LogP contribution in [0.1, 0.15) is 46.5 Å². The van der Waals surface area contributed by atoms with Gasteiger partial charge in [-0.15, -0.1) is 6.58 Å². The molecule has 3 heteroatoms. The van der Waals surface area contributed by atoms with Crippen LogP contribution in [-0.4, -0.2) is 12.6 Å². The largest absolute Gasteiger partial charge is 0.454 e. The fraction of sp³-hybridized carbons (Fsp3) is 0.435. The molecule has 0 amide bonds. The second-order valence-electron chi connectivity index (χ2n) is 7.46. The van der Waals surface area contributed by atoms with Crippen molar-refractivity contribution in [1.82, 2.24) is 0 Å². The van der Waals surface area contributed by atoms with Gasteiger partial charge in [0.2, 0.25) is 6.79 Å². The number of carbonyl (C=O) groups excluding carboxylic acids is 1. The van der Waals surface area contributed by atoms with Gasteiger partial charge in [0, 0.05) is 12.3 Å². The van der Waals surface area contributed by atoms with E-state index in [1.807, 2.05) is 24.3 Å². The molecule has 0 aromatic heterocycles. The molecule has 0 saturated carbocycles. The summed E-state index contributed by atoms with van der Waals surface area (Å²) in [7, 11) is 0. The van der Waals surface area contributed by atoms with E-state index in [0.717, 1.165) is 24.3 Å². The summed E-state index contributed by atoms with van der Waals surface area (Å²) in [5, 5.41) is 0. The van der Waals surface area contributed by atoms with Crippen molar-refractivity contribution in [1.29, 1.82) is 0 Å². The topological polar surface area (TPSA) is 35.5 Å². The van der Waals surface area contributed by atoms with Gasteiger partial charge in [-0.2, -0.15) is 0 Å². The van der Waals surface area contributed by atoms with Crippen LogP contribution in [-0.2, 0) is 4.79 Å². The van der Waals surface area contributed by atoms with Crippen LogP contribution >= 0.6 is 0 Å². The van der Waals surface area contributed by atoms with Crippen molar-refractivity contribution in [2.75, 3.05) is 6.79 Å². The van der Waals surface area contributed by atoms with Gasteiger partial charge in [-0.25, -0.2) is 0 Å². The predicted octanol–water partition coefficient (Wildman–Crippen LogP) is 5.88. The molecule has 0 radical (unpaired) electrons. The minimum absolute atomic E-state index is 0.207. The monoisotopic (exact) mass is 354 g/mol. The summed E-state index contributed by atoms with van der Waals surface area (Å²) in [6.45, 7) is 10.7. The van der Waals surface area contributed by atoms with E-state index < -0.39 is 0 Å². The lowest BCUT2D eigenvalue weighted by Gasteiger charge is -2.36. The Labute approximate surface area is 157 Å². The van der Waals surface area contributed by atoms with E-state index in [0.29, 0.717) is 19.1 Å². The Morgan fingerprint density at radius 2 is 1.92 bits per heavy atom. The molecule has 26 heavy (non-hydrogen) atoms. The number of benzene rings is 1. The molecule has 1 aromatic rings. The Bertz CT molecular complexity index is 659. The number of para-hydroxylation sites is 2. The number of ketones is 1. The molecule has 1 atom stereocenters. The van der Waals surface area contributed by atoms with E-state index in [9.17, 15) is 4.79 Å². The molecule has 140 valence electrons. The molecule has 1 heterocycles. The maximum atomic E-state index is 11.6. The van der Waals surface area contributed by atoms with Crippen molar-refractivity contribution in [3.63, 3.8) is 0 Å². The third-order valence-electron chi connectivity index (χ3n) is 4.93. The van der Waals surface area contributed by atoms with Crippen LogP contribution in [0.25, 0.3) is 0 Å². The molecule has 1 aromatic carbocycles. The number of allylic oxidation sites excluding steroid dienone is 5. The highest BCUT2D eigenvalue weighted by molar-refractivity contribution is 5.89. The molecule has 1 unspecified atom stereocenters. The summed E-state index contributed by atoms with van der Waals surface area (Å²) in [6.07, 6.45) is 11.7. The SMILES string of the molecule is C=CCCC(=O)C=CC1C(C)=CCCC1(C)C.c1ccc2c(c1)OCO2. The first-order valence-electron chi connectivity index (χ1n) is 9.27. The van der Waals surface area contributed by atoms with E-state index in [1.165, 1.54) is 12.0 Å². The minimum atomic E-state index is 0.207. The number of carbonyl (C=O) groups is 1. The van der Waals surface area contributed by atoms with Crippen LogP contribution in [0.5, 0.6) is 11.5 Å². The quantitative estimate of drug-likeness (QED) is 0.489. The van der Waals surface area contributed by atoms with Gasteiger partial charge < -0.3 is 9.47 Å². The van der Waals surface area contributed by atoms with Crippen molar-refractivity contribution in [3.8, 4) is 11.5 Å². The smallest absolute Gasteiger partial charge is 0.231 e. The second kappa shape index (κ2) is 9.42. The predicted molar refractivity (Wildman–Crippen MR) is 106 cm³/mol. The molecule has 0 saturated heterocycles. The molecule has 3 nitrogen and oxygen atoms in total. The molecular formula is C23H30O3. The summed E-state index contributed by atoms with van der Waals surface area (Å²) < 4.78 is 10.2. The normalized spacial score (nSPS) is 20.1. The third-order valence-corrected chi connectivity index (χ3v) is 4.93.